The number of guanidine groups is 1. The van der Waals surface area contributed by atoms with Crippen LogP contribution >= 0.6 is 0 Å². The number of benzene rings is 1. The van der Waals surface area contributed by atoms with Gasteiger partial charge in [0.2, 0.25) is 5.96 Å². The van der Waals surface area contributed by atoms with E-state index in [-0.39, 0.29) is 0 Å². The first kappa shape index (κ1) is 20.7. The van der Waals surface area contributed by atoms with Crippen molar-refractivity contribution in [3.8, 4) is 11.1 Å². The van der Waals surface area contributed by atoms with Crippen molar-refractivity contribution >= 4 is 11.8 Å². The summed E-state index contributed by atoms with van der Waals surface area (Å²) in [6, 6.07) is 8.69. The maximum atomic E-state index is 6.97. The highest BCUT2D eigenvalue weighted by atomic mass is 16.5. The van der Waals surface area contributed by atoms with E-state index in [0.717, 1.165) is 54.1 Å². The summed E-state index contributed by atoms with van der Waals surface area (Å²) in [6.07, 6.45) is 8.03. The number of ether oxygens (including phenoxy) is 1. The highest BCUT2D eigenvalue weighted by Crippen LogP contribution is 2.33. The molecule has 4 heterocycles. The Balaban J connectivity index is 1.43. The van der Waals surface area contributed by atoms with Crippen molar-refractivity contribution < 1.29 is 4.74 Å². The molecule has 32 heavy (non-hydrogen) atoms. The minimum Gasteiger partial charge on any atom is -0.381 e. The van der Waals surface area contributed by atoms with Gasteiger partial charge in [-0.3, -0.25) is 10.8 Å². The van der Waals surface area contributed by atoms with Gasteiger partial charge in [0.05, 0.1) is 12.4 Å². The standard InChI is InChI=1S/C23H30N8O/c1-15(2)20-14-27-31-21(20)29-22(28-19-7-9-32-10-8-19)30-23(31,24)11-16-3-5-17(6-4-16)18-12-25-26-13-18/h3-6,12-15,19H,7-11,24H2,1-2H3,(H,25,26)(H2,28,29,30). The normalized spacial score (nSPS) is 21.2. The molecule has 9 heteroatoms. The molecular weight excluding hydrogens is 404 g/mol. The molecule has 1 unspecified atom stereocenters. The summed E-state index contributed by atoms with van der Waals surface area (Å²) in [5.74, 6) is 0.869. The quantitative estimate of drug-likeness (QED) is 0.490. The lowest BCUT2D eigenvalue weighted by molar-refractivity contribution is 0.0817. The van der Waals surface area contributed by atoms with Gasteiger partial charge in [-0.15, -0.1) is 0 Å². The minimum absolute atomic E-state index is 0.295. The fourth-order valence-electron chi connectivity index (χ4n) is 4.32. The molecule has 0 saturated carbocycles. The van der Waals surface area contributed by atoms with Crippen LogP contribution in [-0.2, 0) is 16.9 Å². The zero-order valence-electron chi connectivity index (χ0n) is 18.5. The Hall–Kier alpha value is -3.17. The number of hydrogen-bond donors (Lipinski definition) is 4. The van der Waals surface area contributed by atoms with Crippen molar-refractivity contribution in [2.75, 3.05) is 13.2 Å². The lowest BCUT2D eigenvalue weighted by Gasteiger charge is -2.38. The van der Waals surface area contributed by atoms with Gasteiger partial charge in [-0.05, 0) is 29.9 Å². The molecule has 0 amide bonds. The van der Waals surface area contributed by atoms with E-state index in [4.69, 9.17) is 15.5 Å². The molecule has 0 aliphatic carbocycles. The van der Waals surface area contributed by atoms with E-state index in [1.54, 1.807) is 0 Å². The van der Waals surface area contributed by atoms with Crippen molar-refractivity contribution in [1.29, 1.82) is 0 Å². The van der Waals surface area contributed by atoms with Gasteiger partial charge in [0.1, 0.15) is 0 Å². The van der Waals surface area contributed by atoms with Crippen molar-refractivity contribution in [3.05, 3.63) is 54.0 Å². The molecular formula is C23H30N8O. The van der Waals surface area contributed by atoms with Crippen molar-refractivity contribution in [2.45, 2.75) is 50.9 Å². The SMILES string of the molecule is CC(C)c1cnn2c1N=C(NC1CCOCC1)NC2(N)Cc1ccc(-c2cn[nH]c2)cc1. The molecule has 0 bridgehead atoms. The van der Waals surface area contributed by atoms with Crippen molar-refractivity contribution in [1.82, 2.24) is 30.6 Å². The Morgan fingerprint density at radius 1 is 1.19 bits per heavy atom. The van der Waals surface area contributed by atoms with E-state index >= 15 is 0 Å². The molecule has 2 aliphatic rings. The summed E-state index contributed by atoms with van der Waals surface area (Å²) in [4.78, 5) is 4.87. The Kier molecular flexibility index (Phi) is 5.44. The first-order valence-electron chi connectivity index (χ1n) is 11.2. The molecule has 2 aliphatic heterocycles. The molecule has 1 saturated heterocycles. The highest BCUT2D eigenvalue weighted by molar-refractivity contribution is 5.84. The third-order valence-electron chi connectivity index (χ3n) is 6.14. The second-order valence-corrected chi connectivity index (χ2v) is 8.89. The summed E-state index contributed by atoms with van der Waals surface area (Å²) in [6.45, 7) is 5.81. The maximum absolute atomic E-state index is 6.97. The van der Waals surface area contributed by atoms with Crippen LogP contribution < -0.4 is 16.4 Å². The maximum Gasteiger partial charge on any atom is 0.201 e. The first-order chi connectivity index (χ1) is 15.5. The Morgan fingerprint density at radius 3 is 2.66 bits per heavy atom. The van der Waals surface area contributed by atoms with Crippen LogP contribution in [0.4, 0.5) is 5.82 Å². The zero-order chi connectivity index (χ0) is 22.1. The van der Waals surface area contributed by atoms with Gasteiger partial charge in [-0.2, -0.15) is 15.2 Å². The van der Waals surface area contributed by atoms with Gasteiger partial charge >= 0.3 is 0 Å². The average molecular weight is 435 g/mol. The third kappa shape index (κ3) is 4.01. The summed E-state index contributed by atoms with van der Waals surface area (Å²) >= 11 is 0. The van der Waals surface area contributed by atoms with Crippen LogP contribution in [0.25, 0.3) is 11.1 Å². The highest BCUT2D eigenvalue weighted by Gasteiger charge is 2.37. The van der Waals surface area contributed by atoms with Gasteiger partial charge < -0.3 is 15.4 Å². The van der Waals surface area contributed by atoms with Gasteiger partial charge in [0, 0.05) is 43.0 Å². The predicted molar refractivity (Wildman–Crippen MR) is 123 cm³/mol. The minimum atomic E-state index is -0.936. The number of nitrogens with two attached hydrogens (primary N) is 1. The van der Waals surface area contributed by atoms with Gasteiger partial charge in [0.15, 0.2) is 11.6 Å². The number of aliphatic imine (C=N–C) groups is 1. The molecule has 3 aromatic rings. The largest absolute Gasteiger partial charge is 0.381 e. The predicted octanol–water partition coefficient (Wildman–Crippen LogP) is 2.57. The lowest BCUT2D eigenvalue weighted by atomic mass is 10.0. The van der Waals surface area contributed by atoms with Crippen LogP contribution in [0.2, 0.25) is 0 Å². The summed E-state index contributed by atoms with van der Waals surface area (Å²) in [5.41, 5.74) is 11.3. The van der Waals surface area contributed by atoms with Crippen LogP contribution in [0.15, 0.2) is 47.8 Å². The number of nitrogens with one attached hydrogen (secondary N) is 3. The van der Waals surface area contributed by atoms with E-state index in [1.807, 2.05) is 23.3 Å². The Morgan fingerprint density at radius 2 is 1.97 bits per heavy atom. The van der Waals surface area contributed by atoms with Crippen LogP contribution in [0.1, 0.15) is 43.7 Å². The number of fused-ring (bicyclic) bond motifs is 1. The fraction of sp³-hybridized carbons (Fsp3) is 0.435. The van der Waals surface area contributed by atoms with E-state index in [0.29, 0.717) is 24.3 Å². The van der Waals surface area contributed by atoms with Crippen LogP contribution in [0.3, 0.4) is 0 Å². The van der Waals surface area contributed by atoms with E-state index in [9.17, 15) is 0 Å². The number of rotatable bonds is 5. The first-order valence-corrected chi connectivity index (χ1v) is 11.2. The second kappa shape index (κ2) is 8.40. The van der Waals surface area contributed by atoms with E-state index < -0.39 is 5.79 Å². The molecule has 5 N–H and O–H groups in total. The van der Waals surface area contributed by atoms with Gasteiger partial charge in [-0.25, -0.2) is 4.68 Å². The lowest BCUT2D eigenvalue weighted by Crippen LogP contribution is -2.64. The summed E-state index contributed by atoms with van der Waals surface area (Å²) in [7, 11) is 0. The van der Waals surface area contributed by atoms with Crippen LogP contribution in [-0.4, -0.2) is 45.2 Å². The molecule has 1 fully saturated rings. The van der Waals surface area contributed by atoms with Gasteiger partial charge in [0.25, 0.3) is 0 Å². The summed E-state index contributed by atoms with van der Waals surface area (Å²) < 4.78 is 7.32. The Bertz CT molecular complexity index is 1080. The molecule has 1 aromatic carbocycles. The fourth-order valence-corrected chi connectivity index (χ4v) is 4.32. The molecule has 0 radical (unpaired) electrons. The average Bonchev–Trinajstić information content (AvgIpc) is 3.45. The number of aromatic amines is 1. The molecule has 168 valence electrons. The topological polar surface area (TPSA) is 118 Å². The van der Waals surface area contributed by atoms with Gasteiger partial charge in [-0.1, -0.05) is 38.1 Å². The molecule has 1 atom stereocenters. The number of hydrogen-bond acceptors (Lipinski definition) is 7. The van der Waals surface area contributed by atoms with Crippen LogP contribution in [0, 0.1) is 0 Å². The molecule has 0 spiro atoms. The van der Waals surface area contributed by atoms with E-state index in [2.05, 4.69) is 64.0 Å². The molecule has 5 rings (SSSR count). The molecule has 2 aromatic heterocycles. The van der Waals surface area contributed by atoms with Crippen molar-refractivity contribution in [3.63, 3.8) is 0 Å². The summed E-state index contributed by atoms with van der Waals surface area (Å²) in [5, 5.41) is 18.5. The second-order valence-electron chi connectivity index (χ2n) is 8.89. The van der Waals surface area contributed by atoms with Crippen molar-refractivity contribution in [2.24, 2.45) is 10.7 Å². The Labute approximate surface area is 187 Å². The molecule has 9 nitrogen and oxygen atoms in total. The van der Waals surface area contributed by atoms with E-state index in [1.165, 1.54) is 0 Å². The third-order valence-corrected chi connectivity index (χ3v) is 6.14. The monoisotopic (exact) mass is 434 g/mol. The van der Waals surface area contributed by atoms with Crippen LogP contribution in [0.5, 0.6) is 0 Å². The smallest absolute Gasteiger partial charge is 0.201 e. The number of aromatic nitrogens is 4. The zero-order valence-corrected chi connectivity index (χ0v) is 18.5. The number of nitrogens with zero attached hydrogens (tertiary/aromatic N) is 4. The number of H-pyrrole nitrogens is 1.